The second-order valence-corrected chi connectivity index (χ2v) is 9.07. The van der Waals surface area contributed by atoms with Crippen molar-refractivity contribution in [1.29, 1.82) is 0 Å². The van der Waals surface area contributed by atoms with Crippen molar-refractivity contribution in [2.75, 3.05) is 0 Å². The van der Waals surface area contributed by atoms with Gasteiger partial charge in [-0.25, -0.2) is 9.97 Å². The molecule has 0 spiro atoms. The number of aryl methyl sites for hydroxylation is 3. The van der Waals surface area contributed by atoms with Gasteiger partial charge in [0.2, 0.25) is 5.78 Å². The molecule has 0 aliphatic rings. The number of hydrogen-bond acceptors (Lipinski definition) is 3. The van der Waals surface area contributed by atoms with E-state index in [4.69, 9.17) is 4.98 Å². The number of fused-ring (bicyclic) bond motifs is 5. The van der Waals surface area contributed by atoms with Crippen molar-refractivity contribution < 1.29 is 20.1 Å². The molecule has 0 unspecified atom stereocenters. The molecule has 5 nitrogen and oxygen atoms in total. The van der Waals surface area contributed by atoms with Crippen molar-refractivity contribution in [2.24, 2.45) is 0 Å². The minimum atomic E-state index is 0. The molecule has 0 aliphatic carbocycles. The number of rotatable bonds is 2. The maximum atomic E-state index is 4.85. The third-order valence-corrected chi connectivity index (χ3v) is 6.44. The SMILES string of the molecule is Cc1ccc(-c2[c-]cccc2)nc1.Cc1cccc(C)c1-n1c2ccc[c-]c2n2c3ncccc3nc12.[Ir]. The Morgan fingerprint density at radius 2 is 1.55 bits per heavy atom. The van der Waals surface area contributed by atoms with Gasteiger partial charge in [-0.2, -0.15) is 18.2 Å². The summed E-state index contributed by atoms with van der Waals surface area (Å²) in [6, 6.07) is 34.8. The van der Waals surface area contributed by atoms with Gasteiger partial charge in [0, 0.05) is 38.2 Å². The Kier molecular flexibility index (Phi) is 7.19. The normalized spacial score (nSPS) is 10.8. The van der Waals surface area contributed by atoms with Crippen LogP contribution in [0.4, 0.5) is 0 Å². The zero-order valence-electron chi connectivity index (χ0n) is 21.3. The predicted molar refractivity (Wildman–Crippen MR) is 149 cm³/mol. The van der Waals surface area contributed by atoms with Crippen LogP contribution < -0.4 is 0 Å². The van der Waals surface area contributed by atoms with E-state index in [1.54, 1.807) is 0 Å². The van der Waals surface area contributed by atoms with Crippen molar-refractivity contribution in [3.63, 3.8) is 0 Å². The first-order valence-electron chi connectivity index (χ1n) is 12.2. The molecule has 189 valence electrons. The number of hydrogen-bond donors (Lipinski definition) is 0. The van der Waals surface area contributed by atoms with Crippen LogP contribution in [0.3, 0.4) is 0 Å². The van der Waals surface area contributed by atoms with Crippen LogP contribution in [0, 0.1) is 32.9 Å². The van der Waals surface area contributed by atoms with Gasteiger partial charge in [-0.1, -0.05) is 30.3 Å². The van der Waals surface area contributed by atoms with Crippen molar-refractivity contribution in [3.8, 4) is 16.9 Å². The van der Waals surface area contributed by atoms with Crippen LogP contribution in [0.15, 0.2) is 97.3 Å². The molecule has 0 aliphatic heterocycles. The number of benzene rings is 3. The average molecular weight is 672 g/mol. The summed E-state index contributed by atoms with van der Waals surface area (Å²) in [5.41, 5.74) is 10.7. The van der Waals surface area contributed by atoms with E-state index in [0.29, 0.717) is 0 Å². The third-order valence-electron chi connectivity index (χ3n) is 6.44. The van der Waals surface area contributed by atoms with Crippen LogP contribution in [0.5, 0.6) is 0 Å². The summed E-state index contributed by atoms with van der Waals surface area (Å²) in [6.45, 7) is 6.31. The predicted octanol–water partition coefficient (Wildman–Crippen LogP) is 7.10. The fourth-order valence-electron chi connectivity index (χ4n) is 4.70. The minimum Gasteiger partial charge on any atom is -0.333 e. The van der Waals surface area contributed by atoms with Gasteiger partial charge >= 0.3 is 0 Å². The molecule has 0 saturated carbocycles. The quantitative estimate of drug-likeness (QED) is 0.184. The Morgan fingerprint density at radius 3 is 2.29 bits per heavy atom. The van der Waals surface area contributed by atoms with E-state index in [0.717, 1.165) is 39.2 Å². The standard InChI is InChI=1S/C20H15N4.C12H10N.Ir/c1-13-7-5-8-14(2)18(13)23-16-10-3-4-11-17(16)24-19-15(22-20(23)24)9-6-12-21-19;1-10-7-8-12(13-9-10)11-5-3-2-4-6-11;/h3-10,12H,1-2H3;2-5,7-9H,1H3;/q2*-1;. The Bertz CT molecular complexity index is 1830. The van der Waals surface area contributed by atoms with Gasteiger partial charge in [0.05, 0.1) is 0 Å². The summed E-state index contributed by atoms with van der Waals surface area (Å²) >= 11 is 0. The van der Waals surface area contributed by atoms with E-state index in [1.807, 2.05) is 73.9 Å². The van der Waals surface area contributed by atoms with Crippen molar-refractivity contribution >= 4 is 28.0 Å². The van der Waals surface area contributed by atoms with Crippen LogP contribution in [0.25, 0.3) is 44.9 Å². The Labute approximate surface area is 235 Å². The van der Waals surface area contributed by atoms with Crippen molar-refractivity contribution in [2.45, 2.75) is 20.8 Å². The molecule has 4 aromatic heterocycles. The van der Waals surface area contributed by atoms with E-state index in [1.165, 1.54) is 22.4 Å². The second kappa shape index (κ2) is 10.7. The Morgan fingerprint density at radius 1 is 0.737 bits per heavy atom. The van der Waals surface area contributed by atoms with Crippen LogP contribution in [0.1, 0.15) is 16.7 Å². The first kappa shape index (κ1) is 25.5. The molecule has 6 heteroatoms. The fourth-order valence-corrected chi connectivity index (χ4v) is 4.70. The van der Waals surface area contributed by atoms with Crippen LogP contribution in [-0.2, 0) is 20.1 Å². The van der Waals surface area contributed by atoms with E-state index < -0.39 is 0 Å². The molecule has 7 rings (SSSR count). The van der Waals surface area contributed by atoms with Gasteiger partial charge in [-0.05, 0) is 66.3 Å². The summed E-state index contributed by atoms with van der Waals surface area (Å²) in [7, 11) is 0. The van der Waals surface area contributed by atoms with Crippen molar-refractivity contribution in [1.82, 2.24) is 23.9 Å². The molecule has 0 atom stereocenters. The molecule has 0 N–H and O–H groups in total. The number of pyridine rings is 2. The Balaban J connectivity index is 0.000000179. The van der Waals surface area contributed by atoms with Gasteiger partial charge in [0.25, 0.3) is 0 Å². The van der Waals surface area contributed by atoms with Crippen molar-refractivity contribution in [3.05, 3.63) is 126 Å². The average Bonchev–Trinajstić information content (AvgIpc) is 3.45. The molecule has 3 aromatic carbocycles. The minimum absolute atomic E-state index is 0. The van der Waals surface area contributed by atoms with E-state index >= 15 is 0 Å². The smallest absolute Gasteiger partial charge is 0.208 e. The van der Waals surface area contributed by atoms with Gasteiger partial charge in [0.1, 0.15) is 5.52 Å². The largest absolute Gasteiger partial charge is 0.333 e. The maximum Gasteiger partial charge on any atom is 0.208 e. The first-order chi connectivity index (χ1) is 18.1. The zero-order chi connectivity index (χ0) is 25.4. The summed E-state index contributed by atoms with van der Waals surface area (Å²) in [6.07, 6.45) is 3.68. The van der Waals surface area contributed by atoms with Gasteiger partial charge < -0.3 is 9.55 Å². The molecule has 1 radical (unpaired) electrons. The van der Waals surface area contributed by atoms with Gasteiger partial charge in [-0.3, -0.25) is 4.40 Å². The summed E-state index contributed by atoms with van der Waals surface area (Å²) in [5.74, 6) is 0.874. The van der Waals surface area contributed by atoms with E-state index in [2.05, 4.69) is 75.2 Å². The van der Waals surface area contributed by atoms with Crippen LogP contribution in [0.2, 0.25) is 0 Å². The molecule has 7 aromatic rings. The summed E-state index contributed by atoms with van der Waals surface area (Å²) < 4.78 is 4.31. The number of aromatic nitrogens is 5. The monoisotopic (exact) mass is 672 g/mol. The third kappa shape index (κ3) is 4.53. The molecular weight excluding hydrogens is 647 g/mol. The Hall–Kier alpha value is -4.12. The molecule has 0 fully saturated rings. The maximum absolute atomic E-state index is 4.85. The molecule has 38 heavy (non-hydrogen) atoms. The van der Waals surface area contributed by atoms with Crippen LogP contribution in [-0.4, -0.2) is 23.9 Å². The van der Waals surface area contributed by atoms with Gasteiger partial charge in [0.15, 0.2) is 5.65 Å². The summed E-state index contributed by atoms with van der Waals surface area (Å²) in [4.78, 5) is 13.7. The second-order valence-electron chi connectivity index (χ2n) is 9.07. The van der Waals surface area contributed by atoms with E-state index in [9.17, 15) is 0 Å². The summed E-state index contributed by atoms with van der Waals surface area (Å²) in [5, 5.41) is 0. The number of nitrogens with zero attached hydrogens (tertiary/aromatic N) is 5. The molecule has 0 saturated heterocycles. The molecule has 0 bridgehead atoms. The first-order valence-corrected chi connectivity index (χ1v) is 12.2. The molecule has 4 heterocycles. The molecule has 0 amide bonds. The van der Waals surface area contributed by atoms with E-state index in [-0.39, 0.29) is 20.1 Å². The topological polar surface area (TPSA) is 48.0 Å². The fraction of sp³-hybridized carbons (Fsp3) is 0.0938. The molecular formula is C32H25IrN5-2. The number of para-hydroxylation sites is 2. The van der Waals surface area contributed by atoms with Crippen LogP contribution >= 0.6 is 0 Å². The number of imidazole rings is 2. The zero-order valence-corrected chi connectivity index (χ0v) is 23.7. The van der Waals surface area contributed by atoms with Gasteiger partial charge in [-0.15, -0.1) is 42.0 Å².